The Morgan fingerprint density at radius 3 is 2.74 bits per heavy atom. The molecule has 2 aromatic carbocycles. The van der Waals surface area contributed by atoms with E-state index in [0.29, 0.717) is 29.7 Å². The smallest absolute Gasteiger partial charge is 0.336 e. The van der Waals surface area contributed by atoms with Gasteiger partial charge in [0.2, 0.25) is 5.88 Å². The lowest BCUT2D eigenvalue weighted by atomic mass is 9.77. The van der Waals surface area contributed by atoms with Crippen molar-refractivity contribution in [2.24, 2.45) is 5.92 Å². The molecule has 0 fully saturated rings. The fraction of sp³-hybridized carbons (Fsp3) is 0.250. The summed E-state index contributed by atoms with van der Waals surface area (Å²) in [5.74, 6) is 1.48. The van der Waals surface area contributed by atoms with Gasteiger partial charge in [-0.15, -0.1) is 0 Å². The molecule has 0 saturated carbocycles. The van der Waals surface area contributed by atoms with E-state index < -0.39 is 0 Å². The van der Waals surface area contributed by atoms with E-state index in [1.54, 1.807) is 4.68 Å². The van der Waals surface area contributed by atoms with Crippen molar-refractivity contribution in [1.29, 1.82) is 0 Å². The molecule has 156 valence electrons. The second-order valence-corrected chi connectivity index (χ2v) is 8.59. The molecular formula is C24H19ClN2O4. The summed E-state index contributed by atoms with van der Waals surface area (Å²) in [6.07, 6.45) is 0. The molecule has 0 unspecified atom stereocenters. The zero-order valence-electron chi connectivity index (χ0n) is 17.0. The number of hydrogen-bond donors (Lipinski definition) is 0. The van der Waals surface area contributed by atoms with Gasteiger partial charge in [0.1, 0.15) is 11.3 Å². The fourth-order valence-corrected chi connectivity index (χ4v) is 5.03. The molecule has 6 nitrogen and oxygen atoms in total. The summed E-state index contributed by atoms with van der Waals surface area (Å²) in [6, 6.07) is 13.0. The molecule has 0 saturated heterocycles. The Labute approximate surface area is 183 Å². The highest BCUT2D eigenvalue weighted by atomic mass is 35.5. The van der Waals surface area contributed by atoms with Crippen molar-refractivity contribution in [3.63, 3.8) is 0 Å². The predicted octanol–water partition coefficient (Wildman–Crippen LogP) is 4.78. The van der Waals surface area contributed by atoms with Crippen LogP contribution in [-0.2, 0) is 0 Å². The van der Waals surface area contributed by atoms with E-state index in [1.807, 2.05) is 50.2 Å². The maximum atomic E-state index is 12.2. The number of halogens is 1. The summed E-state index contributed by atoms with van der Waals surface area (Å²) < 4.78 is 19.8. The van der Waals surface area contributed by atoms with E-state index in [9.17, 15) is 4.79 Å². The van der Waals surface area contributed by atoms with Crippen molar-refractivity contribution in [3.8, 4) is 17.3 Å². The van der Waals surface area contributed by atoms with Crippen LogP contribution < -0.4 is 15.1 Å². The van der Waals surface area contributed by atoms with E-state index in [2.05, 4.69) is 0 Å². The predicted molar refractivity (Wildman–Crippen MR) is 117 cm³/mol. The van der Waals surface area contributed by atoms with Gasteiger partial charge in [-0.3, -0.25) is 0 Å². The summed E-state index contributed by atoms with van der Waals surface area (Å²) in [5.41, 5.74) is 4.70. The van der Waals surface area contributed by atoms with Gasteiger partial charge in [-0.25, -0.2) is 9.48 Å². The van der Waals surface area contributed by atoms with Crippen LogP contribution in [0.25, 0.3) is 16.7 Å². The van der Waals surface area contributed by atoms with Crippen LogP contribution in [0.3, 0.4) is 0 Å². The highest BCUT2D eigenvalue weighted by Crippen LogP contribution is 2.51. The van der Waals surface area contributed by atoms with Crippen LogP contribution in [0.5, 0.6) is 11.6 Å². The van der Waals surface area contributed by atoms with E-state index in [1.165, 1.54) is 6.07 Å². The Bertz CT molecular complexity index is 1420. The number of aromatic nitrogens is 2. The van der Waals surface area contributed by atoms with E-state index in [4.69, 9.17) is 30.6 Å². The maximum Gasteiger partial charge on any atom is 0.336 e. The van der Waals surface area contributed by atoms with Crippen molar-refractivity contribution >= 4 is 22.6 Å². The quantitative estimate of drug-likeness (QED) is 0.403. The first kappa shape index (κ1) is 18.5. The Balaban J connectivity index is 1.63. The van der Waals surface area contributed by atoms with Crippen LogP contribution in [0.1, 0.15) is 28.3 Å². The van der Waals surface area contributed by atoms with Crippen molar-refractivity contribution in [1.82, 2.24) is 9.78 Å². The topological polar surface area (TPSA) is 66.5 Å². The second kappa shape index (κ2) is 6.62. The molecule has 2 aromatic heterocycles. The van der Waals surface area contributed by atoms with E-state index >= 15 is 0 Å². The normalized spacial score (nSPS) is 19.2. The number of rotatable bonds is 1. The lowest BCUT2D eigenvalue weighted by Crippen LogP contribution is -2.35. The van der Waals surface area contributed by atoms with E-state index in [0.717, 1.165) is 39.2 Å². The summed E-state index contributed by atoms with van der Waals surface area (Å²) in [5, 5.41) is 6.33. The van der Waals surface area contributed by atoms with Gasteiger partial charge in [-0.1, -0.05) is 17.7 Å². The average molecular weight is 435 g/mol. The molecule has 4 aromatic rings. The molecule has 4 heterocycles. The minimum Gasteiger partial charge on any atom is -0.493 e. The van der Waals surface area contributed by atoms with Gasteiger partial charge in [0.05, 0.1) is 24.6 Å². The van der Waals surface area contributed by atoms with Gasteiger partial charge in [0, 0.05) is 39.4 Å². The molecule has 6 rings (SSSR count). The number of hydrogen-bond acceptors (Lipinski definition) is 5. The number of benzene rings is 2. The van der Waals surface area contributed by atoms with Crippen LogP contribution >= 0.6 is 11.6 Å². The third-order valence-corrected chi connectivity index (χ3v) is 6.45. The molecule has 0 aliphatic carbocycles. The number of ether oxygens (including phenoxy) is 2. The largest absolute Gasteiger partial charge is 0.493 e. The molecule has 0 bridgehead atoms. The van der Waals surface area contributed by atoms with Crippen LogP contribution in [0.15, 0.2) is 51.7 Å². The van der Waals surface area contributed by atoms with Gasteiger partial charge < -0.3 is 13.9 Å². The first-order valence-electron chi connectivity index (χ1n) is 10.2. The molecule has 7 heteroatoms. The van der Waals surface area contributed by atoms with Crippen molar-refractivity contribution < 1.29 is 13.9 Å². The number of nitrogens with zero attached hydrogens (tertiary/aromatic N) is 2. The Morgan fingerprint density at radius 1 is 1.06 bits per heavy atom. The zero-order chi connectivity index (χ0) is 21.3. The van der Waals surface area contributed by atoms with Crippen LogP contribution in [0.4, 0.5) is 0 Å². The molecule has 0 N–H and O–H groups in total. The highest BCUT2D eigenvalue weighted by Gasteiger charge is 2.43. The molecule has 2 atom stereocenters. The van der Waals surface area contributed by atoms with Crippen LogP contribution in [-0.4, -0.2) is 23.0 Å². The molecule has 31 heavy (non-hydrogen) atoms. The zero-order valence-corrected chi connectivity index (χ0v) is 17.8. The summed E-state index contributed by atoms with van der Waals surface area (Å²) in [7, 11) is 0. The molecule has 2 aliphatic rings. The fourth-order valence-electron chi connectivity index (χ4n) is 4.84. The van der Waals surface area contributed by atoms with Crippen LogP contribution in [0.2, 0.25) is 5.02 Å². The Morgan fingerprint density at radius 2 is 1.90 bits per heavy atom. The first-order valence-corrected chi connectivity index (χ1v) is 10.6. The maximum absolute atomic E-state index is 12.2. The van der Waals surface area contributed by atoms with Crippen molar-refractivity contribution in [3.05, 3.63) is 80.3 Å². The standard InChI is InChI=1S/C24H19ClN2O4/c1-12-8-19(28)31-23-17(12)6-7-18-22(23)21-14(10-29-18)11-30-24-20(21)13(2)26-27(24)16-5-3-4-15(25)9-16/h3-9,14,21H,10-11H2,1-2H3/t14-,21-/m1/s1. The van der Waals surface area contributed by atoms with Crippen molar-refractivity contribution in [2.75, 3.05) is 13.2 Å². The van der Waals surface area contributed by atoms with Gasteiger partial charge in [-0.05, 0) is 49.7 Å². The van der Waals surface area contributed by atoms with Crippen molar-refractivity contribution in [2.45, 2.75) is 19.8 Å². The average Bonchev–Trinajstić information content (AvgIpc) is 3.09. The Hall–Kier alpha value is -3.25. The molecular weight excluding hydrogens is 416 g/mol. The summed E-state index contributed by atoms with van der Waals surface area (Å²) in [6.45, 7) is 4.91. The number of aryl methyl sites for hydroxylation is 2. The van der Waals surface area contributed by atoms with Gasteiger partial charge >= 0.3 is 5.63 Å². The minimum absolute atomic E-state index is 0.0471. The second-order valence-electron chi connectivity index (χ2n) is 8.16. The lowest BCUT2D eigenvalue weighted by molar-refractivity contribution is 0.121. The monoisotopic (exact) mass is 434 g/mol. The Kier molecular flexibility index (Phi) is 3.96. The first-order chi connectivity index (χ1) is 15.0. The molecule has 2 aliphatic heterocycles. The van der Waals surface area contributed by atoms with Crippen LogP contribution in [0, 0.1) is 19.8 Å². The van der Waals surface area contributed by atoms with Gasteiger partial charge in [0.25, 0.3) is 0 Å². The SMILES string of the molecule is Cc1nn(-c2cccc(Cl)c2)c2c1[C@@H]1c3c(ccc4c(C)cc(=O)oc34)OC[C@@H]1CO2. The summed E-state index contributed by atoms with van der Waals surface area (Å²) >= 11 is 6.22. The number of fused-ring (bicyclic) bond motifs is 7. The third-order valence-electron chi connectivity index (χ3n) is 6.21. The lowest BCUT2D eigenvalue weighted by Gasteiger charge is -2.37. The van der Waals surface area contributed by atoms with Gasteiger partial charge in [-0.2, -0.15) is 5.10 Å². The third kappa shape index (κ3) is 2.71. The highest BCUT2D eigenvalue weighted by molar-refractivity contribution is 6.30. The molecule has 0 spiro atoms. The molecule has 0 amide bonds. The van der Waals surface area contributed by atoms with Gasteiger partial charge in [0.15, 0.2) is 0 Å². The summed E-state index contributed by atoms with van der Waals surface area (Å²) in [4.78, 5) is 12.2. The van der Waals surface area contributed by atoms with E-state index in [-0.39, 0.29) is 17.5 Å². The minimum atomic E-state index is -0.362. The molecule has 0 radical (unpaired) electrons.